The number of nitrogens with zero attached hydrogens (tertiary/aromatic N) is 2. The lowest BCUT2D eigenvalue weighted by atomic mass is 9.89. The fourth-order valence-corrected chi connectivity index (χ4v) is 5.71. The zero-order valence-electron chi connectivity index (χ0n) is 22.9. The van der Waals surface area contributed by atoms with Crippen molar-refractivity contribution in [1.82, 2.24) is 15.5 Å². The average molecular weight is 521 g/mol. The number of hydrogen-bond acceptors (Lipinski definition) is 5. The van der Waals surface area contributed by atoms with E-state index in [1.54, 1.807) is 0 Å². The van der Waals surface area contributed by atoms with E-state index in [0.29, 0.717) is 32.0 Å². The molecule has 2 amide bonds. The lowest BCUT2D eigenvalue weighted by molar-refractivity contribution is -0.129. The van der Waals surface area contributed by atoms with Crippen LogP contribution in [0.1, 0.15) is 49.7 Å². The van der Waals surface area contributed by atoms with E-state index in [-0.39, 0.29) is 24.2 Å². The predicted molar refractivity (Wildman–Crippen MR) is 152 cm³/mol. The molecule has 7 nitrogen and oxygen atoms in total. The monoisotopic (exact) mass is 520 g/mol. The number of amides is 2. The minimum atomic E-state index is -0.772. The zero-order valence-corrected chi connectivity index (χ0v) is 22.9. The third-order valence-corrected chi connectivity index (χ3v) is 7.99. The van der Waals surface area contributed by atoms with Gasteiger partial charge in [-0.3, -0.25) is 9.59 Å². The van der Waals surface area contributed by atoms with Gasteiger partial charge in [0.25, 0.3) is 0 Å². The molecule has 7 heteroatoms. The van der Waals surface area contributed by atoms with Crippen LogP contribution in [0.15, 0.2) is 54.6 Å². The topological polar surface area (TPSA) is 84.9 Å². The van der Waals surface area contributed by atoms with Crippen molar-refractivity contribution in [3.8, 4) is 0 Å². The van der Waals surface area contributed by atoms with Gasteiger partial charge in [-0.15, -0.1) is 0 Å². The van der Waals surface area contributed by atoms with Gasteiger partial charge < -0.3 is 25.5 Å². The number of nitrogens with one attached hydrogen (secondary N) is 2. The van der Waals surface area contributed by atoms with Gasteiger partial charge in [0.1, 0.15) is 0 Å². The molecular formula is C31H44N4O3. The van der Waals surface area contributed by atoms with E-state index in [1.165, 1.54) is 32.1 Å². The van der Waals surface area contributed by atoms with Crippen molar-refractivity contribution in [2.24, 2.45) is 11.8 Å². The third-order valence-electron chi connectivity index (χ3n) is 7.99. The van der Waals surface area contributed by atoms with Gasteiger partial charge in [0, 0.05) is 52.4 Å². The highest BCUT2D eigenvalue weighted by Gasteiger charge is 2.36. The van der Waals surface area contributed by atoms with Gasteiger partial charge in [-0.05, 0) is 48.4 Å². The maximum atomic E-state index is 13.3. The largest absolute Gasteiger partial charge is 0.390 e. The molecule has 4 rings (SSSR count). The number of aliphatic hydroxyl groups is 1. The second-order valence-corrected chi connectivity index (χ2v) is 11.3. The Labute approximate surface area is 227 Å². The van der Waals surface area contributed by atoms with Gasteiger partial charge in [0.05, 0.1) is 18.1 Å². The number of carbonyl (C=O) groups is 2. The van der Waals surface area contributed by atoms with E-state index in [9.17, 15) is 14.7 Å². The summed E-state index contributed by atoms with van der Waals surface area (Å²) in [5, 5.41) is 17.6. The lowest BCUT2D eigenvalue weighted by Gasteiger charge is -2.28. The summed E-state index contributed by atoms with van der Waals surface area (Å²) in [5.41, 5.74) is 3.31. The first kappa shape index (κ1) is 28.1. The molecule has 1 aliphatic carbocycles. The van der Waals surface area contributed by atoms with Crippen molar-refractivity contribution in [3.63, 3.8) is 0 Å². The molecule has 0 aromatic heterocycles. The summed E-state index contributed by atoms with van der Waals surface area (Å²) in [4.78, 5) is 30.0. The molecule has 2 fully saturated rings. The van der Waals surface area contributed by atoms with Crippen molar-refractivity contribution in [2.75, 3.05) is 38.6 Å². The highest BCUT2D eigenvalue weighted by molar-refractivity contribution is 5.89. The summed E-state index contributed by atoms with van der Waals surface area (Å²) in [6.45, 7) is 2.23. The van der Waals surface area contributed by atoms with Crippen molar-refractivity contribution < 1.29 is 14.7 Å². The summed E-state index contributed by atoms with van der Waals surface area (Å²) in [5.74, 6) is 0.144. The molecule has 206 valence electrons. The Hall–Kier alpha value is -2.90. The molecule has 3 N–H and O–H groups in total. The quantitative estimate of drug-likeness (QED) is 0.400. The molecule has 1 heterocycles. The third kappa shape index (κ3) is 8.05. The summed E-state index contributed by atoms with van der Waals surface area (Å²) in [6.07, 6.45) is 6.14. The van der Waals surface area contributed by atoms with E-state index < -0.39 is 12.1 Å². The van der Waals surface area contributed by atoms with Crippen LogP contribution in [-0.4, -0.2) is 67.7 Å². The molecule has 1 aliphatic heterocycles. The molecule has 2 aromatic rings. The van der Waals surface area contributed by atoms with Crippen LogP contribution in [0.25, 0.3) is 0 Å². The highest BCUT2D eigenvalue weighted by Crippen LogP contribution is 2.27. The van der Waals surface area contributed by atoms with Crippen molar-refractivity contribution in [1.29, 1.82) is 0 Å². The standard InChI is InChI=1S/C31H44N4O3/c1-34(2)27-15-9-14-25(16-27)19-32-20-29(36)28(17-23-10-5-3-6-11-23)33-31(38)26-18-30(37)35(22-26)21-24-12-7-4-8-13-24/h3,5-6,9-11,14-16,24,26,28-29,32,36H,4,7-8,12-13,17-22H2,1-2H3,(H,33,38)/t26-,28+,29-/m1/s1. The molecule has 0 unspecified atom stereocenters. The lowest BCUT2D eigenvalue weighted by Crippen LogP contribution is -2.50. The van der Waals surface area contributed by atoms with Crippen LogP contribution in [0, 0.1) is 11.8 Å². The van der Waals surface area contributed by atoms with E-state index in [2.05, 4.69) is 33.7 Å². The Kier molecular flexibility index (Phi) is 10.2. The van der Waals surface area contributed by atoms with Crippen LogP contribution in [-0.2, 0) is 22.6 Å². The highest BCUT2D eigenvalue weighted by atomic mass is 16.3. The van der Waals surface area contributed by atoms with Gasteiger partial charge in [0.2, 0.25) is 11.8 Å². The number of rotatable bonds is 12. The average Bonchev–Trinajstić information content (AvgIpc) is 3.29. The fourth-order valence-electron chi connectivity index (χ4n) is 5.71. The minimum absolute atomic E-state index is 0.0810. The van der Waals surface area contributed by atoms with Gasteiger partial charge >= 0.3 is 0 Å². The van der Waals surface area contributed by atoms with Gasteiger partial charge in [0.15, 0.2) is 0 Å². The van der Waals surface area contributed by atoms with Crippen molar-refractivity contribution >= 4 is 17.5 Å². The molecule has 0 radical (unpaired) electrons. The first-order valence-corrected chi connectivity index (χ1v) is 14.2. The number of aliphatic hydroxyl groups excluding tert-OH is 1. The smallest absolute Gasteiger partial charge is 0.225 e. The Morgan fingerprint density at radius 1 is 1.05 bits per heavy atom. The number of anilines is 1. The summed E-state index contributed by atoms with van der Waals surface area (Å²) < 4.78 is 0. The molecule has 38 heavy (non-hydrogen) atoms. The van der Waals surface area contributed by atoms with Crippen LogP contribution in [0.2, 0.25) is 0 Å². The zero-order chi connectivity index (χ0) is 26.9. The summed E-state index contributed by atoms with van der Waals surface area (Å²) in [6, 6.07) is 17.7. The molecule has 2 aliphatic rings. The summed E-state index contributed by atoms with van der Waals surface area (Å²) in [7, 11) is 4.03. The molecule has 2 aromatic carbocycles. The van der Waals surface area contributed by atoms with Gasteiger partial charge in [-0.1, -0.05) is 61.7 Å². The Morgan fingerprint density at radius 2 is 1.79 bits per heavy atom. The van der Waals surface area contributed by atoms with E-state index in [0.717, 1.165) is 23.4 Å². The van der Waals surface area contributed by atoms with Gasteiger partial charge in [-0.25, -0.2) is 0 Å². The van der Waals surface area contributed by atoms with Crippen LogP contribution >= 0.6 is 0 Å². The minimum Gasteiger partial charge on any atom is -0.390 e. The predicted octanol–water partition coefficient (Wildman–Crippen LogP) is 3.36. The summed E-state index contributed by atoms with van der Waals surface area (Å²) >= 11 is 0. The fraction of sp³-hybridized carbons (Fsp3) is 0.548. The molecule has 1 saturated carbocycles. The van der Waals surface area contributed by atoms with Crippen molar-refractivity contribution in [3.05, 3.63) is 65.7 Å². The van der Waals surface area contributed by atoms with E-state index in [1.807, 2.05) is 55.4 Å². The normalized spacial score (nSPS) is 19.8. The number of benzene rings is 2. The number of hydrogen-bond donors (Lipinski definition) is 3. The molecule has 0 bridgehead atoms. The maximum absolute atomic E-state index is 13.3. The molecule has 1 saturated heterocycles. The van der Waals surface area contributed by atoms with Crippen LogP contribution in [0.4, 0.5) is 5.69 Å². The Balaban J connectivity index is 1.34. The van der Waals surface area contributed by atoms with Crippen LogP contribution < -0.4 is 15.5 Å². The van der Waals surface area contributed by atoms with E-state index in [4.69, 9.17) is 0 Å². The first-order valence-electron chi connectivity index (χ1n) is 14.2. The second kappa shape index (κ2) is 13.8. The van der Waals surface area contributed by atoms with Crippen LogP contribution in [0.3, 0.4) is 0 Å². The Bertz CT molecular complexity index is 1040. The Morgan fingerprint density at radius 3 is 2.53 bits per heavy atom. The SMILES string of the molecule is CN(C)c1cccc(CNC[C@@H](O)[C@H](Cc2ccccc2)NC(=O)[C@@H]2CC(=O)N(CC3CCCCC3)C2)c1. The first-order chi connectivity index (χ1) is 18.4. The van der Waals surface area contributed by atoms with Crippen LogP contribution in [0.5, 0.6) is 0 Å². The van der Waals surface area contributed by atoms with Gasteiger partial charge in [-0.2, -0.15) is 0 Å². The molecule has 0 spiro atoms. The number of carbonyl (C=O) groups excluding carboxylic acids is 2. The van der Waals surface area contributed by atoms with Crippen molar-refractivity contribution in [2.45, 2.75) is 63.6 Å². The maximum Gasteiger partial charge on any atom is 0.225 e. The van der Waals surface area contributed by atoms with E-state index >= 15 is 0 Å². The molecule has 3 atom stereocenters. The number of likely N-dealkylation sites (tertiary alicyclic amines) is 1. The second-order valence-electron chi connectivity index (χ2n) is 11.3. The molecular weight excluding hydrogens is 476 g/mol.